The third-order valence-electron chi connectivity index (χ3n) is 5.03. The number of carbonyl (C=O) groups excluding carboxylic acids is 1. The highest BCUT2D eigenvalue weighted by atomic mass is 32.2. The quantitative estimate of drug-likeness (QED) is 0.690. The molecule has 0 spiro atoms. The van der Waals surface area contributed by atoms with Crippen LogP contribution in [0.5, 0.6) is 0 Å². The molecule has 0 bridgehead atoms. The number of aromatic nitrogens is 2. The lowest BCUT2D eigenvalue weighted by molar-refractivity contribution is 0.0737. The van der Waals surface area contributed by atoms with Crippen molar-refractivity contribution in [2.45, 2.75) is 37.1 Å². The van der Waals surface area contributed by atoms with E-state index in [1.54, 1.807) is 35.0 Å². The van der Waals surface area contributed by atoms with Crippen molar-refractivity contribution in [1.29, 1.82) is 5.26 Å². The topological polar surface area (TPSA) is 99.3 Å². The van der Waals surface area contributed by atoms with Gasteiger partial charge in [-0.15, -0.1) is 0 Å². The zero-order chi connectivity index (χ0) is 20.9. The summed E-state index contributed by atoms with van der Waals surface area (Å²) in [6, 6.07) is 7.14. The number of hydrogen-bond donors (Lipinski definition) is 0. The first-order valence-corrected chi connectivity index (χ1v) is 11.1. The number of nitrogens with zero attached hydrogens (tertiary/aromatic N) is 5. The number of sulfonamides is 1. The molecule has 0 N–H and O–H groups in total. The van der Waals surface area contributed by atoms with E-state index >= 15 is 0 Å². The van der Waals surface area contributed by atoms with Crippen molar-refractivity contribution >= 4 is 15.9 Å². The van der Waals surface area contributed by atoms with Gasteiger partial charge in [-0.3, -0.25) is 9.78 Å². The summed E-state index contributed by atoms with van der Waals surface area (Å²) in [4.78, 5) is 18.9. The monoisotopic (exact) mass is 415 g/mol. The number of rotatable bonds is 7. The number of amides is 1. The maximum Gasteiger partial charge on any atom is 0.270 e. The molecule has 0 radical (unpaired) electrons. The summed E-state index contributed by atoms with van der Waals surface area (Å²) in [7, 11) is -1.96. The summed E-state index contributed by atoms with van der Waals surface area (Å²) >= 11 is 0. The van der Waals surface area contributed by atoms with Crippen molar-refractivity contribution < 1.29 is 13.2 Å². The Morgan fingerprint density at radius 3 is 2.72 bits per heavy atom. The number of pyridine rings is 1. The highest BCUT2D eigenvalue weighted by Gasteiger charge is 2.29. The number of nitriles is 1. The van der Waals surface area contributed by atoms with Crippen molar-refractivity contribution in [2.75, 3.05) is 19.6 Å². The first kappa shape index (κ1) is 21.0. The molecule has 0 aliphatic carbocycles. The van der Waals surface area contributed by atoms with Gasteiger partial charge in [-0.2, -0.15) is 9.57 Å². The number of carbonyl (C=O) groups is 1. The Balaban J connectivity index is 1.85. The molecular formula is C20H25N5O3S. The highest BCUT2D eigenvalue weighted by molar-refractivity contribution is 7.89. The average molecular weight is 416 g/mol. The van der Waals surface area contributed by atoms with Crippen LogP contribution in [0.1, 0.15) is 41.7 Å². The summed E-state index contributed by atoms with van der Waals surface area (Å²) in [5, 5.41) is 8.95. The summed E-state index contributed by atoms with van der Waals surface area (Å²) in [6.07, 6.45) is 7.74. The molecule has 1 saturated heterocycles. The normalized spacial score (nSPS) is 15.0. The van der Waals surface area contributed by atoms with Gasteiger partial charge in [0.2, 0.25) is 10.0 Å². The fourth-order valence-corrected chi connectivity index (χ4v) is 5.04. The van der Waals surface area contributed by atoms with E-state index in [1.165, 1.54) is 16.6 Å². The van der Waals surface area contributed by atoms with Gasteiger partial charge in [0.25, 0.3) is 5.91 Å². The maximum atomic E-state index is 13.2. The second kappa shape index (κ2) is 9.20. The first-order chi connectivity index (χ1) is 13.9. The molecule has 0 unspecified atom stereocenters. The Bertz CT molecular complexity index is 989. The van der Waals surface area contributed by atoms with E-state index in [2.05, 4.69) is 11.1 Å². The average Bonchev–Trinajstić information content (AvgIpc) is 3.14. The van der Waals surface area contributed by atoms with Gasteiger partial charge >= 0.3 is 0 Å². The van der Waals surface area contributed by atoms with E-state index in [9.17, 15) is 13.2 Å². The van der Waals surface area contributed by atoms with Crippen molar-refractivity contribution in [2.24, 2.45) is 7.05 Å². The molecule has 154 valence electrons. The lowest BCUT2D eigenvalue weighted by Crippen LogP contribution is -2.35. The molecule has 3 heterocycles. The van der Waals surface area contributed by atoms with Crippen LogP contribution in [0.3, 0.4) is 0 Å². The number of hydrogen-bond acceptors (Lipinski definition) is 5. The molecule has 0 atom stereocenters. The van der Waals surface area contributed by atoms with Crippen molar-refractivity contribution in [3.63, 3.8) is 0 Å². The van der Waals surface area contributed by atoms with Crippen LogP contribution in [0.15, 0.2) is 41.7 Å². The molecule has 3 rings (SSSR count). The second-order valence-corrected chi connectivity index (χ2v) is 9.07. The predicted octanol–water partition coefficient (Wildman–Crippen LogP) is 2.15. The van der Waals surface area contributed by atoms with Gasteiger partial charge < -0.3 is 9.47 Å². The molecular weight excluding hydrogens is 390 g/mol. The zero-order valence-corrected chi connectivity index (χ0v) is 17.3. The van der Waals surface area contributed by atoms with Gasteiger partial charge in [-0.05, 0) is 30.5 Å². The van der Waals surface area contributed by atoms with E-state index in [-0.39, 0.29) is 29.5 Å². The third kappa shape index (κ3) is 4.83. The fourth-order valence-electron chi connectivity index (χ4n) is 3.45. The molecule has 1 aliphatic rings. The summed E-state index contributed by atoms with van der Waals surface area (Å²) in [5.74, 6) is -0.313. The van der Waals surface area contributed by atoms with Crippen LogP contribution in [-0.4, -0.2) is 52.7 Å². The van der Waals surface area contributed by atoms with Crippen LogP contribution in [0.4, 0.5) is 0 Å². The van der Waals surface area contributed by atoms with E-state index in [1.807, 2.05) is 6.07 Å². The Morgan fingerprint density at radius 2 is 2.07 bits per heavy atom. The van der Waals surface area contributed by atoms with Crippen LogP contribution >= 0.6 is 0 Å². The Kier molecular flexibility index (Phi) is 6.67. The number of aryl methyl sites for hydroxylation is 1. The Morgan fingerprint density at radius 1 is 1.31 bits per heavy atom. The molecule has 1 fully saturated rings. The molecule has 1 amide bonds. The SMILES string of the molecule is Cn1cc(S(=O)(=O)N2CCCCC2)cc1C(=O)N(CCC#N)Cc1cccnc1. The van der Waals surface area contributed by atoms with Crippen molar-refractivity contribution in [1.82, 2.24) is 18.8 Å². The van der Waals surface area contributed by atoms with Gasteiger partial charge in [0.05, 0.1) is 12.5 Å². The minimum Gasteiger partial charge on any atom is -0.345 e. The van der Waals surface area contributed by atoms with E-state index in [4.69, 9.17) is 5.26 Å². The van der Waals surface area contributed by atoms with Crippen LogP contribution < -0.4 is 0 Å². The van der Waals surface area contributed by atoms with Crippen LogP contribution in [-0.2, 0) is 23.6 Å². The van der Waals surface area contributed by atoms with Gasteiger partial charge in [-0.1, -0.05) is 12.5 Å². The maximum absolute atomic E-state index is 13.2. The lowest BCUT2D eigenvalue weighted by Gasteiger charge is -2.25. The smallest absolute Gasteiger partial charge is 0.270 e. The minimum absolute atomic E-state index is 0.131. The van der Waals surface area contributed by atoms with E-state index < -0.39 is 10.0 Å². The zero-order valence-electron chi connectivity index (χ0n) is 16.5. The Labute approximate surface area is 171 Å². The second-order valence-electron chi connectivity index (χ2n) is 7.13. The molecule has 0 saturated carbocycles. The molecule has 2 aromatic heterocycles. The van der Waals surface area contributed by atoms with Gasteiger partial charge in [0, 0.05) is 51.8 Å². The Hall–Kier alpha value is -2.70. The summed E-state index contributed by atoms with van der Waals surface area (Å²) in [5.41, 5.74) is 1.12. The highest BCUT2D eigenvalue weighted by Crippen LogP contribution is 2.23. The van der Waals surface area contributed by atoms with Gasteiger partial charge in [-0.25, -0.2) is 8.42 Å². The molecule has 9 heteroatoms. The predicted molar refractivity (Wildman–Crippen MR) is 107 cm³/mol. The van der Waals surface area contributed by atoms with Crippen LogP contribution in [0, 0.1) is 11.3 Å². The van der Waals surface area contributed by atoms with Crippen LogP contribution in [0.25, 0.3) is 0 Å². The standard InChI is InChI=1S/C20H25N5O3S/c1-23-16-18(29(27,28)25-11-3-2-4-12-25)13-19(23)20(26)24(10-6-8-21)15-17-7-5-9-22-14-17/h5,7,9,13-14,16H,2-4,6,10-12,15H2,1H3. The summed E-state index contributed by atoms with van der Waals surface area (Å²) < 4.78 is 28.9. The molecule has 0 aromatic carbocycles. The first-order valence-electron chi connectivity index (χ1n) is 9.65. The third-order valence-corrected chi connectivity index (χ3v) is 6.89. The van der Waals surface area contributed by atoms with Gasteiger partial charge in [0.1, 0.15) is 10.6 Å². The minimum atomic E-state index is -3.62. The van der Waals surface area contributed by atoms with E-state index in [0.717, 1.165) is 24.8 Å². The van der Waals surface area contributed by atoms with E-state index in [0.29, 0.717) is 19.6 Å². The van der Waals surface area contributed by atoms with Crippen LogP contribution in [0.2, 0.25) is 0 Å². The molecule has 8 nitrogen and oxygen atoms in total. The van der Waals surface area contributed by atoms with Gasteiger partial charge in [0.15, 0.2) is 0 Å². The largest absolute Gasteiger partial charge is 0.345 e. The molecule has 1 aliphatic heterocycles. The fraction of sp³-hybridized carbons (Fsp3) is 0.450. The molecule has 29 heavy (non-hydrogen) atoms. The van der Waals surface area contributed by atoms with Crippen molar-refractivity contribution in [3.05, 3.63) is 48.0 Å². The molecule has 2 aromatic rings. The lowest BCUT2D eigenvalue weighted by atomic mass is 10.2. The summed E-state index contributed by atoms with van der Waals surface area (Å²) in [6.45, 7) is 1.57. The number of piperidine rings is 1. The van der Waals surface area contributed by atoms with Crippen molar-refractivity contribution in [3.8, 4) is 6.07 Å².